The molecule has 1 aliphatic rings. The first-order valence-corrected chi connectivity index (χ1v) is 5.70. The molecule has 92 valence electrons. The molecule has 1 amide bonds. The summed E-state index contributed by atoms with van der Waals surface area (Å²) in [5, 5.41) is 9.54. The Bertz CT molecular complexity index is 434. The molecule has 2 rings (SSSR count). The molecule has 0 bridgehead atoms. The molecule has 1 aliphatic heterocycles. The molecule has 1 unspecified atom stereocenters. The van der Waals surface area contributed by atoms with Crippen LogP contribution in [0.3, 0.4) is 0 Å². The van der Waals surface area contributed by atoms with Crippen LogP contribution in [0, 0.1) is 0 Å². The van der Waals surface area contributed by atoms with Gasteiger partial charge in [-0.3, -0.25) is 4.79 Å². The third kappa shape index (κ3) is 2.50. The summed E-state index contributed by atoms with van der Waals surface area (Å²) in [4.78, 5) is 13.8. The van der Waals surface area contributed by atoms with Gasteiger partial charge in [-0.25, -0.2) is 0 Å². The summed E-state index contributed by atoms with van der Waals surface area (Å²) in [5.41, 5.74) is 12.7. The molecule has 17 heavy (non-hydrogen) atoms. The largest absolute Gasteiger partial charge is 0.399 e. The predicted octanol–water partition coefficient (Wildman–Crippen LogP) is 0.448. The molecule has 1 aromatic carbocycles. The molecule has 1 atom stereocenters. The van der Waals surface area contributed by atoms with Gasteiger partial charge >= 0.3 is 0 Å². The first kappa shape index (κ1) is 11.7. The maximum Gasteiger partial charge on any atom is 0.256 e. The van der Waals surface area contributed by atoms with Gasteiger partial charge in [-0.15, -0.1) is 0 Å². The second-order valence-electron chi connectivity index (χ2n) is 4.39. The normalized spacial score (nSPS) is 20.3. The Hall–Kier alpha value is -1.75. The van der Waals surface area contributed by atoms with Crippen LogP contribution < -0.4 is 11.5 Å². The van der Waals surface area contributed by atoms with Crippen LogP contribution in [-0.2, 0) is 0 Å². The lowest BCUT2D eigenvalue weighted by atomic mass is 10.1. The maximum absolute atomic E-state index is 12.2. The lowest BCUT2D eigenvalue weighted by Crippen LogP contribution is -2.42. The number of aliphatic hydroxyl groups is 1. The number of benzene rings is 1. The SMILES string of the molecule is Nc1ccc(C(=O)N2CCCC(O)C2)c(N)c1. The van der Waals surface area contributed by atoms with Gasteiger partial charge in [-0.1, -0.05) is 0 Å². The summed E-state index contributed by atoms with van der Waals surface area (Å²) in [6.07, 6.45) is 1.14. The zero-order valence-corrected chi connectivity index (χ0v) is 9.60. The molecule has 0 aliphatic carbocycles. The van der Waals surface area contributed by atoms with Crippen LogP contribution in [0.25, 0.3) is 0 Å². The van der Waals surface area contributed by atoms with Gasteiger partial charge in [-0.05, 0) is 31.0 Å². The quantitative estimate of drug-likeness (QED) is 0.616. The number of rotatable bonds is 1. The Kier molecular flexibility index (Phi) is 3.19. The number of likely N-dealkylation sites (tertiary alicyclic amines) is 1. The average Bonchev–Trinajstić information content (AvgIpc) is 2.28. The van der Waals surface area contributed by atoms with Crippen molar-refractivity contribution in [1.29, 1.82) is 0 Å². The van der Waals surface area contributed by atoms with Crippen LogP contribution in [0.4, 0.5) is 11.4 Å². The monoisotopic (exact) mass is 235 g/mol. The van der Waals surface area contributed by atoms with Gasteiger partial charge in [0.15, 0.2) is 0 Å². The van der Waals surface area contributed by atoms with E-state index < -0.39 is 6.10 Å². The number of carbonyl (C=O) groups excluding carboxylic acids is 1. The van der Waals surface area contributed by atoms with Crippen molar-refractivity contribution in [3.63, 3.8) is 0 Å². The van der Waals surface area contributed by atoms with Crippen molar-refractivity contribution in [3.8, 4) is 0 Å². The highest BCUT2D eigenvalue weighted by Crippen LogP contribution is 2.20. The molecule has 1 saturated heterocycles. The van der Waals surface area contributed by atoms with Crippen molar-refractivity contribution in [2.45, 2.75) is 18.9 Å². The van der Waals surface area contributed by atoms with Crippen molar-refractivity contribution in [2.24, 2.45) is 0 Å². The van der Waals surface area contributed by atoms with Crippen LogP contribution in [0.2, 0.25) is 0 Å². The lowest BCUT2D eigenvalue weighted by Gasteiger charge is -2.30. The summed E-state index contributed by atoms with van der Waals surface area (Å²) in [5.74, 6) is -0.138. The third-order valence-corrected chi connectivity index (χ3v) is 2.99. The first-order chi connectivity index (χ1) is 8.08. The molecule has 0 saturated carbocycles. The molecular formula is C12H17N3O2. The summed E-state index contributed by atoms with van der Waals surface area (Å²) in [6.45, 7) is 1.04. The highest BCUT2D eigenvalue weighted by Gasteiger charge is 2.24. The minimum Gasteiger partial charge on any atom is -0.399 e. The third-order valence-electron chi connectivity index (χ3n) is 2.99. The topological polar surface area (TPSA) is 92.6 Å². The van der Waals surface area contributed by atoms with Crippen LogP contribution in [0.5, 0.6) is 0 Å². The molecule has 0 aromatic heterocycles. The van der Waals surface area contributed by atoms with E-state index in [0.29, 0.717) is 30.0 Å². The molecular weight excluding hydrogens is 218 g/mol. The van der Waals surface area contributed by atoms with Crippen LogP contribution in [0.1, 0.15) is 23.2 Å². The second kappa shape index (κ2) is 4.63. The predicted molar refractivity (Wildman–Crippen MR) is 66.4 cm³/mol. The Balaban J connectivity index is 2.18. The highest BCUT2D eigenvalue weighted by molar-refractivity contribution is 5.99. The van der Waals surface area contributed by atoms with Gasteiger partial charge in [0.25, 0.3) is 5.91 Å². The number of nitrogen functional groups attached to an aromatic ring is 2. The van der Waals surface area contributed by atoms with Gasteiger partial charge in [0.2, 0.25) is 0 Å². The number of nitrogens with two attached hydrogens (primary N) is 2. The Morgan fingerprint density at radius 2 is 2.18 bits per heavy atom. The van der Waals surface area contributed by atoms with Gasteiger partial charge in [0, 0.05) is 24.5 Å². The van der Waals surface area contributed by atoms with Crippen molar-refractivity contribution < 1.29 is 9.90 Å². The zero-order chi connectivity index (χ0) is 12.4. The smallest absolute Gasteiger partial charge is 0.256 e. The van der Waals surface area contributed by atoms with Crippen LogP contribution in [0.15, 0.2) is 18.2 Å². The molecule has 1 aromatic rings. The number of carbonyl (C=O) groups is 1. The van der Waals surface area contributed by atoms with Crippen molar-refractivity contribution in [1.82, 2.24) is 4.90 Å². The summed E-state index contributed by atoms with van der Waals surface area (Å²) in [6, 6.07) is 4.87. The van der Waals surface area contributed by atoms with E-state index in [9.17, 15) is 9.90 Å². The summed E-state index contributed by atoms with van der Waals surface area (Å²) < 4.78 is 0. The number of piperidine rings is 1. The fraction of sp³-hybridized carbons (Fsp3) is 0.417. The zero-order valence-electron chi connectivity index (χ0n) is 9.60. The standard InChI is InChI=1S/C12H17N3O2/c13-8-3-4-10(11(14)6-8)12(17)15-5-1-2-9(16)7-15/h3-4,6,9,16H,1-2,5,7,13-14H2. The fourth-order valence-corrected chi connectivity index (χ4v) is 2.09. The van der Waals surface area contributed by atoms with Crippen molar-refractivity contribution in [3.05, 3.63) is 23.8 Å². The van der Waals surface area contributed by atoms with E-state index in [1.165, 1.54) is 0 Å². The van der Waals surface area contributed by atoms with E-state index in [4.69, 9.17) is 11.5 Å². The number of aliphatic hydroxyl groups excluding tert-OH is 1. The van der Waals surface area contributed by atoms with Crippen LogP contribution in [-0.4, -0.2) is 35.1 Å². The van der Waals surface area contributed by atoms with Crippen molar-refractivity contribution in [2.75, 3.05) is 24.6 Å². The Morgan fingerprint density at radius 1 is 1.41 bits per heavy atom. The maximum atomic E-state index is 12.2. The van der Waals surface area contributed by atoms with E-state index in [2.05, 4.69) is 0 Å². The number of anilines is 2. The van der Waals surface area contributed by atoms with Gasteiger partial charge < -0.3 is 21.5 Å². The number of hydrogen-bond acceptors (Lipinski definition) is 4. The lowest BCUT2D eigenvalue weighted by molar-refractivity contribution is 0.0474. The van der Waals surface area contributed by atoms with Crippen molar-refractivity contribution >= 4 is 17.3 Å². The summed E-state index contributed by atoms with van der Waals surface area (Å²) >= 11 is 0. The molecule has 1 fully saturated rings. The molecule has 0 spiro atoms. The van der Waals surface area contributed by atoms with E-state index in [1.807, 2.05) is 0 Å². The molecule has 0 radical (unpaired) electrons. The minimum absolute atomic E-state index is 0.138. The van der Waals surface area contributed by atoms with Gasteiger partial charge in [0.1, 0.15) is 0 Å². The second-order valence-corrected chi connectivity index (χ2v) is 4.39. The number of hydrogen-bond donors (Lipinski definition) is 3. The molecule has 1 heterocycles. The number of amides is 1. The minimum atomic E-state index is -0.428. The van der Waals surface area contributed by atoms with E-state index in [1.54, 1.807) is 23.1 Å². The summed E-state index contributed by atoms with van der Waals surface area (Å²) in [7, 11) is 0. The fourth-order valence-electron chi connectivity index (χ4n) is 2.09. The van der Waals surface area contributed by atoms with Gasteiger partial charge in [0.05, 0.1) is 11.7 Å². The Labute approximate surface area is 100 Å². The first-order valence-electron chi connectivity index (χ1n) is 5.70. The van der Waals surface area contributed by atoms with E-state index in [-0.39, 0.29) is 5.91 Å². The average molecular weight is 235 g/mol. The number of β-amino-alcohol motifs (C(OH)–C–C–N with tert-alkyl or cyclic N) is 1. The highest BCUT2D eigenvalue weighted by atomic mass is 16.3. The van der Waals surface area contributed by atoms with Crippen LogP contribution >= 0.6 is 0 Å². The van der Waals surface area contributed by atoms with E-state index in [0.717, 1.165) is 12.8 Å². The molecule has 5 N–H and O–H groups in total. The molecule has 5 heteroatoms. The number of nitrogens with zero attached hydrogens (tertiary/aromatic N) is 1. The van der Waals surface area contributed by atoms with E-state index >= 15 is 0 Å². The molecule has 5 nitrogen and oxygen atoms in total. The Morgan fingerprint density at radius 3 is 2.82 bits per heavy atom. The van der Waals surface area contributed by atoms with Gasteiger partial charge in [-0.2, -0.15) is 0 Å².